The van der Waals surface area contributed by atoms with Gasteiger partial charge in [-0.1, -0.05) is 13.0 Å². The SMILES string of the molecule is CCC1CN(C(C)=O)c2cc(C)ccc2O1. The molecule has 1 unspecified atom stereocenters. The van der Waals surface area contributed by atoms with Crippen LogP contribution in [0.25, 0.3) is 0 Å². The third kappa shape index (κ3) is 1.90. The Labute approximate surface area is 96.0 Å². The first kappa shape index (κ1) is 11.0. The first-order chi connectivity index (χ1) is 7.61. The molecule has 1 aliphatic rings. The van der Waals surface area contributed by atoms with Gasteiger partial charge in [-0.15, -0.1) is 0 Å². The maximum atomic E-state index is 11.6. The smallest absolute Gasteiger partial charge is 0.224 e. The number of carbonyl (C=O) groups excluding carboxylic acids is 1. The van der Waals surface area contributed by atoms with Gasteiger partial charge in [-0.05, 0) is 31.0 Å². The fourth-order valence-corrected chi connectivity index (χ4v) is 1.97. The molecular weight excluding hydrogens is 202 g/mol. The van der Waals surface area contributed by atoms with Gasteiger partial charge in [-0.3, -0.25) is 4.79 Å². The maximum Gasteiger partial charge on any atom is 0.224 e. The second-order valence-electron chi connectivity index (χ2n) is 4.25. The van der Waals surface area contributed by atoms with E-state index in [0.717, 1.165) is 23.4 Å². The molecule has 0 radical (unpaired) electrons. The highest BCUT2D eigenvalue weighted by molar-refractivity contribution is 5.93. The van der Waals surface area contributed by atoms with Gasteiger partial charge in [0, 0.05) is 6.92 Å². The summed E-state index contributed by atoms with van der Waals surface area (Å²) < 4.78 is 5.82. The largest absolute Gasteiger partial charge is 0.486 e. The summed E-state index contributed by atoms with van der Waals surface area (Å²) in [5.74, 6) is 0.896. The summed E-state index contributed by atoms with van der Waals surface area (Å²) in [5.41, 5.74) is 2.04. The minimum absolute atomic E-state index is 0.0774. The standard InChI is InChI=1S/C13H17NO2/c1-4-11-8-14(10(3)15)12-7-9(2)5-6-13(12)16-11/h5-7,11H,4,8H2,1-3H3. The van der Waals surface area contributed by atoms with Crippen LogP contribution < -0.4 is 9.64 Å². The van der Waals surface area contributed by atoms with Gasteiger partial charge < -0.3 is 9.64 Å². The molecule has 1 aromatic carbocycles. The van der Waals surface area contributed by atoms with Crippen molar-refractivity contribution in [2.75, 3.05) is 11.4 Å². The van der Waals surface area contributed by atoms with Crippen molar-refractivity contribution in [1.29, 1.82) is 0 Å². The lowest BCUT2D eigenvalue weighted by Gasteiger charge is -2.34. The third-order valence-electron chi connectivity index (χ3n) is 2.92. The number of ether oxygens (including phenoxy) is 1. The number of aryl methyl sites for hydroxylation is 1. The lowest BCUT2D eigenvalue weighted by atomic mass is 10.1. The molecule has 1 aromatic rings. The molecule has 1 atom stereocenters. The van der Waals surface area contributed by atoms with Gasteiger partial charge >= 0.3 is 0 Å². The average Bonchev–Trinajstić information content (AvgIpc) is 2.27. The number of amides is 1. The Hall–Kier alpha value is -1.51. The van der Waals surface area contributed by atoms with E-state index in [1.807, 2.05) is 25.1 Å². The Morgan fingerprint density at radius 3 is 2.94 bits per heavy atom. The Balaban J connectivity index is 2.42. The predicted octanol–water partition coefficient (Wildman–Crippen LogP) is 2.52. The number of hydrogen-bond donors (Lipinski definition) is 0. The highest BCUT2D eigenvalue weighted by atomic mass is 16.5. The molecule has 0 aromatic heterocycles. The van der Waals surface area contributed by atoms with Crippen LogP contribution in [0.3, 0.4) is 0 Å². The quantitative estimate of drug-likeness (QED) is 0.726. The molecule has 0 saturated heterocycles. The second-order valence-corrected chi connectivity index (χ2v) is 4.25. The molecule has 16 heavy (non-hydrogen) atoms. The van der Waals surface area contributed by atoms with Crippen molar-refractivity contribution >= 4 is 11.6 Å². The van der Waals surface area contributed by atoms with Crippen LogP contribution >= 0.6 is 0 Å². The van der Waals surface area contributed by atoms with Crippen molar-refractivity contribution < 1.29 is 9.53 Å². The van der Waals surface area contributed by atoms with Gasteiger partial charge in [-0.25, -0.2) is 0 Å². The zero-order chi connectivity index (χ0) is 11.7. The fourth-order valence-electron chi connectivity index (χ4n) is 1.97. The second kappa shape index (κ2) is 4.16. The van der Waals surface area contributed by atoms with Gasteiger partial charge in [0.25, 0.3) is 0 Å². The average molecular weight is 219 g/mol. The topological polar surface area (TPSA) is 29.5 Å². The van der Waals surface area contributed by atoms with E-state index < -0.39 is 0 Å². The van der Waals surface area contributed by atoms with Gasteiger partial charge in [-0.2, -0.15) is 0 Å². The van der Waals surface area contributed by atoms with E-state index in [2.05, 4.69) is 6.92 Å². The summed E-state index contributed by atoms with van der Waals surface area (Å²) in [6.07, 6.45) is 1.02. The van der Waals surface area contributed by atoms with Gasteiger partial charge in [0.05, 0.1) is 12.2 Å². The van der Waals surface area contributed by atoms with Gasteiger partial charge in [0.1, 0.15) is 11.9 Å². The molecular formula is C13H17NO2. The molecule has 1 heterocycles. The molecule has 0 N–H and O–H groups in total. The Morgan fingerprint density at radius 1 is 1.56 bits per heavy atom. The van der Waals surface area contributed by atoms with Crippen LogP contribution in [0.15, 0.2) is 18.2 Å². The summed E-state index contributed by atoms with van der Waals surface area (Å²) in [5, 5.41) is 0. The van der Waals surface area contributed by atoms with Gasteiger partial charge in [0.2, 0.25) is 5.91 Å². The molecule has 0 fully saturated rings. The molecule has 3 heteroatoms. The number of nitrogens with zero attached hydrogens (tertiary/aromatic N) is 1. The van der Waals surface area contributed by atoms with Crippen molar-refractivity contribution in [3.63, 3.8) is 0 Å². The minimum atomic E-state index is 0.0774. The Morgan fingerprint density at radius 2 is 2.31 bits per heavy atom. The van der Waals surface area contributed by atoms with Crippen molar-refractivity contribution in [3.8, 4) is 5.75 Å². The highest BCUT2D eigenvalue weighted by Crippen LogP contribution is 2.34. The predicted molar refractivity (Wildman–Crippen MR) is 63.9 cm³/mol. The van der Waals surface area contributed by atoms with Gasteiger partial charge in [0.15, 0.2) is 0 Å². The van der Waals surface area contributed by atoms with Crippen LogP contribution in [-0.4, -0.2) is 18.6 Å². The van der Waals surface area contributed by atoms with Crippen molar-refractivity contribution in [2.24, 2.45) is 0 Å². The molecule has 0 spiro atoms. The van der Waals surface area contributed by atoms with E-state index in [-0.39, 0.29) is 12.0 Å². The zero-order valence-corrected chi connectivity index (χ0v) is 9.99. The number of hydrogen-bond acceptors (Lipinski definition) is 2. The van der Waals surface area contributed by atoms with Crippen LogP contribution in [0.5, 0.6) is 5.75 Å². The maximum absolute atomic E-state index is 11.6. The lowest BCUT2D eigenvalue weighted by Crippen LogP contribution is -2.42. The lowest BCUT2D eigenvalue weighted by molar-refractivity contribution is -0.117. The summed E-state index contributed by atoms with van der Waals surface area (Å²) >= 11 is 0. The van der Waals surface area contributed by atoms with E-state index in [0.29, 0.717) is 6.54 Å². The van der Waals surface area contributed by atoms with Crippen molar-refractivity contribution in [2.45, 2.75) is 33.3 Å². The summed E-state index contributed by atoms with van der Waals surface area (Å²) in [7, 11) is 0. The summed E-state index contributed by atoms with van der Waals surface area (Å²) in [6.45, 7) is 6.35. The first-order valence-corrected chi connectivity index (χ1v) is 5.67. The Kier molecular flexibility index (Phi) is 2.86. The van der Waals surface area contributed by atoms with Crippen molar-refractivity contribution in [3.05, 3.63) is 23.8 Å². The van der Waals surface area contributed by atoms with Crippen LogP contribution in [0.2, 0.25) is 0 Å². The molecule has 3 nitrogen and oxygen atoms in total. The monoisotopic (exact) mass is 219 g/mol. The molecule has 1 aliphatic heterocycles. The van der Waals surface area contributed by atoms with Crippen LogP contribution in [-0.2, 0) is 4.79 Å². The molecule has 0 bridgehead atoms. The number of anilines is 1. The third-order valence-corrected chi connectivity index (χ3v) is 2.92. The Bertz CT molecular complexity index is 414. The fraction of sp³-hybridized carbons (Fsp3) is 0.462. The summed E-state index contributed by atoms with van der Waals surface area (Å²) in [4.78, 5) is 13.4. The molecule has 0 saturated carbocycles. The van der Waals surface area contributed by atoms with Crippen LogP contribution in [0, 0.1) is 6.92 Å². The minimum Gasteiger partial charge on any atom is -0.486 e. The number of fused-ring (bicyclic) bond motifs is 1. The number of benzene rings is 1. The normalized spacial score (nSPS) is 18.9. The van der Waals surface area contributed by atoms with E-state index >= 15 is 0 Å². The molecule has 86 valence electrons. The van der Waals surface area contributed by atoms with Crippen LogP contribution in [0.1, 0.15) is 25.8 Å². The highest BCUT2D eigenvalue weighted by Gasteiger charge is 2.26. The summed E-state index contributed by atoms with van der Waals surface area (Å²) in [6, 6.07) is 5.96. The number of rotatable bonds is 1. The molecule has 1 amide bonds. The zero-order valence-electron chi connectivity index (χ0n) is 9.99. The molecule has 0 aliphatic carbocycles. The van der Waals surface area contributed by atoms with Crippen molar-refractivity contribution in [1.82, 2.24) is 0 Å². The van der Waals surface area contributed by atoms with Crippen LogP contribution in [0.4, 0.5) is 5.69 Å². The van der Waals surface area contributed by atoms with E-state index in [1.165, 1.54) is 0 Å². The van der Waals surface area contributed by atoms with E-state index in [4.69, 9.17) is 4.74 Å². The van der Waals surface area contributed by atoms with E-state index in [9.17, 15) is 4.79 Å². The molecule has 2 rings (SSSR count). The van der Waals surface area contributed by atoms with E-state index in [1.54, 1.807) is 11.8 Å². The number of carbonyl (C=O) groups is 1. The first-order valence-electron chi connectivity index (χ1n) is 5.67.